The van der Waals surface area contributed by atoms with Gasteiger partial charge in [-0.15, -0.1) is 0 Å². The third-order valence-corrected chi connectivity index (χ3v) is 6.13. The van der Waals surface area contributed by atoms with Gasteiger partial charge in [0.1, 0.15) is 5.65 Å². The van der Waals surface area contributed by atoms with Gasteiger partial charge in [-0.25, -0.2) is 4.98 Å². The number of aryl methyl sites for hydroxylation is 2. The highest BCUT2D eigenvalue weighted by Gasteiger charge is 2.19. The van der Waals surface area contributed by atoms with Crippen LogP contribution in [-0.2, 0) is 11.3 Å². The van der Waals surface area contributed by atoms with E-state index < -0.39 is 0 Å². The lowest BCUT2D eigenvalue weighted by atomic mass is 10.0. The predicted octanol–water partition coefficient (Wildman–Crippen LogP) is 4.10. The first kappa shape index (κ1) is 21.5. The molecule has 1 fully saturated rings. The first-order valence-corrected chi connectivity index (χ1v) is 11.3. The number of benzene rings is 1. The zero-order valence-electron chi connectivity index (χ0n) is 18.4. The maximum Gasteiger partial charge on any atom is 0.260 e. The first-order chi connectivity index (χ1) is 16.0. The summed E-state index contributed by atoms with van der Waals surface area (Å²) in [6.45, 7) is 5.65. The Morgan fingerprint density at radius 2 is 2.03 bits per heavy atom. The minimum Gasteiger partial charge on any atom is -0.379 e. The highest BCUT2D eigenvalue weighted by molar-refractivity contribution is 6.33. The van der Waals surface area contributed by atoms with E-state index in [1.54, 1.807) is 29.2 Å². The lowest BCUT2D eigenvalue weighted by Gasteiger charge is -2.14. The van der Waals surface area contributed by atoms with Crippen LogP contribution in [0.25, 0.3) is 33.4 Å². The maximum atomic E-state index is 13.4. The largest absolute Gasteiger partial charge is 0.379 e. The van der Waals surface area contributed by atoms with Crippen molar-refractivity contribution in [3.05, 3.63) is 63.9 Å². The van der Waals surface area contributed by atoms with E-state index in [0.717, 1.165) is 35.4 Å². The molecule has 33 heavy (non-hydrogen) atoms. The molecular formula is C24H23ClN6O2. The summed E-state index contributed by atoms with van der Waals surface area (Å²) in [7, 11) is 0. The molecule has 8 nitrogen and oxygen atoms in total. The summed E-state index contributed by atoms with van der Waals surface area (Å²) in [4.78, 5) is 31.2. The van der Waals surface area contributed by atoms with Crippen LogP contribution < -0.4 is 10.9 Å². The topological polar surface area (TPSA) is 94.8 Å². The number of nitrogens with one attached hydrogen (secondary N) is 1. The minimum atomic E-state index is -0.149. The van der Waals surface area contributed by atoms with Crippen molar-refractivity contribution in [2.45, 2.75) is 32.9 Å². The Labute approximate surface area is 195 Å². The number of nitrogens with zero attached hydrogens (tertiary/aromatic N) is 5. The lowest BCUT2D eigenvalue weighted by Crippen LogP contribution is -2.24. The Hall–Kier alpha value is -3.36. The van der Waals surface area contributed by atoms with Gasteiger partial charge >= 0.3 is 0 Å². The van der Waals surface area contributed by atoms with E-state index in [-0.39, 0.29) is 11.6 Å². The Kier molecular flexibility index (Phi) is 5.78. The van der Waals surface area contributed by atoms with Crippen LogP contribution in [0.2, 0.25) is 5.02 Å². The first-order valence-electron chi connectivity index (χ1n) is 10.9. The number of aromatic nitrogens is 5. The van der Waals surface area contributed by atoms with Crippen LogP contribution in [0, 0.1) is 6.92 Å². The van der Waals surface area contributed by atoms with Crippen molar-refractivity contribution in [2.24, 2.45) is 0 Å². The summed E-state index contributed by atoms with van der Waals surface area (Å²) in [5.41, 5.74) is 4.02. The molecule has 0 amide bonds. The molecule has 1 N–H and O–H groups in total. The van der Waals surface area contributed by atoms with E-state index >= 15 is 0 Å². The van der Waals surface area contributed by atoms with Gasteiger partial charge in [-0.3, -0.25) is 19.3 Å². The molecule has 1 saturated heterocycles. The van der Waals surface area contributed by atoms with Crippen molar-refractivity contribution < 1.29 is 4.74 Å². The fraction of sp³-hybridized carbons (Fsp3) is 0.292. The molecule has 1 unspecified atom stereocenters. The quantitative estimate of drug-likeness (QED) is 0.477. The second-order valence-electron chi connectivity index (χ2n) is 7.97. The number of ether oxygens (including phenoxy) is 1. The number of hydrogen-bond donors (Lipinski definition) is 1. The smallest absolute Gasteiger partial charge is 0.260 e. The van der Waals surface area contributed by atoms with Crippen LogP contribution in [-0.4, -0.2) is 43.8 Å². The summed E-state index contributed by atoms with van der Waals surface area (Å²) < 4.78 is 7.06. The number of hydrogen-bond acceptors (Lipinski definition) is 7. The van der Waals surface area contributed by atoms with Crippen LogP contribution in [0.1, 0.15) is 19.0 Å². The molecule has 168 valence electrons. The van der Waals surface area contributed by atoms with Crippen molar-refractivity contribution in [3.63, 3.8) is 0 Å². The van der Waals surface area contributed by atoms with Crippen LogP contribution in [0.5, 0.6) is 0 Å². The van der Waals surface area contributed by atoms with Crippen LogP contribution in [0.4, 0.5) is 5.95 Å². The summed E-state index contributed by atoms with van der Waals surface area (Å²) in [6, 6.07) is 7.57. The standard InChI is InChI=1S/C24H23ClN6O2/c1-3-31-22-16(12-28-24(30-22)29-17-6-9-33-13-17)10-19(23(31)32)18-5-4-15(11-20(18)25)21-14(2)26-7-8-27-21/h4-5,7-8,10-12,17H,3,6,9,13H2,1-2H3,(H,28,29,30). The molecule has 1 aliphatic rings. The molecule has 1 aromatic carbocycles. The van der Waals surface area contributed by atoms with Gasteiger partial charge in [-0.2, -0.15) is 4.98 Å². The summed E-state index contributed by atoms with van der Waals surface area (Å²) in [5.74, 6) is 0.495. The maximum absolute atomic E-state index is 13.4. The second kappa shape index (κ2) is 8.88. The molecule has 4 aromatic rings. The van der Waals surface area contributed by atoms with Crippen LogP contribution >= 0.6 is 11.6 Å². The molecule has 3 aromatic heterocycles. The van der Waals surface area contributed by atoms with Crippen molar-refractivity contribution in [2.75, 3.05) is 18.5 Å². The van der Waals surface area contributed by atoms with Crippen LogP contribution in [0.3, 0.4) is 0 Å². The number of fused-ring (bicyclic) bond motifs is 1. The Morgan fingerprint density at radius 3 is 2.76 bits per heavy atom. The molecule has 0 bridgehead atoms. The average Bonchev–Trinajstić information content (AvgIpc) is 3.32. The van der Waals surface area contributed by atoms with Crippen molar-refractivity contribution in [1.29, 1.82) is 0 Å². The second-order valence-corrected chi connectivity index (χ2v) is 8.38. The Morgan fingerprint density at radius 1 is 1.18 bits per heavy atom. The van der Waals surface area contributed by atoms with Gasteiger partial charge in [0.15, 0.2) is 0 Å². The van der Waals surface area contributed by atoms with E-state index in [9.17, 15) is 4.79 Å². The Balaban J connectivity index is 1.57. The summed E-state index contributed by atoms with van der Waals surface area (Å²) in [6.07, 6.45) is 5.95. The molecule has 0 spiro atoms. The minimum absolute atomic E-state index is 0.149. The molecule has 0 radical (unpaired) electrons. The summed E-state index contributed by atoms with van der Waals surface area (Å²) >= 11 is 6.66. The molecule has 5 rings (SSSR count). The molecule has 4 heterocycles. The average molecular weight is 463 g/mol. The molecule has 0 aliphatic carbocycles. The van der Waals surface area contributed by atoms with Gasteiger partial charge in [0.05, 0.1) is 24.0 Å². The predicted molar refractivity (Wildman–Crippen MR) is 129 cm³/mol. The number of pyridine rings is 1. The number of anilines is 1. The van der Waals surface area contributed by atoms with E-state index in [1.165, 1.54) is 0 Å². The highest BCUT2D eigenvalue weighted by Crippen LogP contribution is 2.32. The SMILES string of the molecule is CCn1c(=O)c(-c2ccc(-c3nccnc3C)cc2Cl)cc2cnc(NC3CCOC3)nc21. The van der Waals surface area contributed by atoms with Gasteiger partial charge in [0.25, 0.3) is 5.56 Å². The molecule has 1 aliphatic heterocycles. The van der Waals surface area contributed by atoms with E-state index in [1.807, 2.05) is 32.0 Å². The monoisotopic (exact) mass is 462 g/mol. The fourth-order valence-electron chi connectivity index (χ4n) is 4.12. The van der Waals surface area contributed by atoms with E-state index in [2.05, 4.69) is 25.3 Å². The number of rotatable bonds is 5. The summed E-state index contributed by atoms with van der Waals surface area (Å²) in [5, 5.41) is 4.53. The van der Waals surface area contributed by atoms with Gasteiger partial charge in [-0.05, 0) is 32.4 Å². The van der Waals surface area contributed by atoms with Crippen molar-refractivity contribution in [3.8, 4) is 22.4 Å². The highest BCUT2D eigenvalue weighted by atomic mass is 35.5. The Bertz CT molecular complexity index is 1400. The molecule has 0 saturated carbocycles. The molecular weight excluding hydrogens is 440 g/mol. The number of halogens is 1. The fourth-order valence-corrected chi connectivity index (χ4v) is 4.40. The van der Waals surface area contributed by atoms with Crippen molar-refractivity contribution >= 4 is 28.6 Å². The van der Waals surface area contributed by atoms with Gasteiger partial charge in [0, 0.05) is 58.8 Å². The lowest BCUT2D eigenvalue weighted by molar-refractivity contribution is 0.195. The van der Waals surface area contributed by atoms with Gasteiger partial charge in [0.2, 0.25) is 5.95 Å². The van der Waals surface area contributed by atoms with E-state index in [4.69, 9.17) is 16.3 Å². The molecule has 1 atom stereocenters. The normalized spacial score (nSPS) is 15.8. The third-order valence-electron chi connectivity index (χ3n) is 5.82. The van der Waals surface area contributed by atoms with Gasteiger partial charge in [-0.1, -0.05) is 23.7 Å². The molecule has 9 heteroatoms. The van der Waals surface area contributed by atoms with Crippen LogP contribution in [0.15, 0.2) is 47.7 Å². The zero-order valence-corrected chi connectivity index (χ0v) is 19.1. The zero-order chi connectivity index (χ0) is 22.9. The van der Waals surface area contributed by atoms with Gasteiger partial charge < -0.3 is 10.1 Å². The third kappa shape index (κ3) is 4.07. The van der Waals surface area contributed by atoms with E-state index in [0.29, 0.717) is 40.9 Å². The van der Waals surface area contributed by atoms with Crippen molar-refractivity contribution in [1.82, 2.24) is 24.5 Å².